The third-order valence-electron chi connectivity index (χ3n) is 1.80. The van der Waals surface area contributed by atoms with Crippen molar-refractivity contribution in [2.45, 2.75) is 19.9 Å². The molecule has 2 N–H and O–H groups in total. The van der Waals surface area contributed by atoms with E-state index in [1.807, 2.05) is 0 Å². The smallest absolute Gasteiger partial charge is 0.0461 e. The molecule has 1 atom stereocenters. The lowest BCUT2D eigenvalue weighted by atomic mass is 10.1. The second-order valence-corrected chi connectivity index (χ2v) is 2.53. The summed E-state index contributed by atoms with van der Waals surface area (Å²) in [6, 6.07) is 0.619. The van der Waals surface area contributed by atoms with Gasteiger partial charge in [-0.15, -0.1) is 0 Å². The minimum absolute atomic E-state index is 0.619. The fourth-order valence-electron chi connectivity index (χ4n) is 1.29. The van der Waals surface area contributed by atoms with Crippen LogP contribution < -0.4 is 5.73 Å². The molecule has 1 heterocycles. The fraction of sp³-hybridized carbons (Fsp3) is 0.714. The van der Waals surface area contributed by atoms with E-state index in [-0.39, 0.29) is 0 Å². The van der Waals surface area contributed by atoms with Crippen LogP contribution in [0.3, 0.4) is 0 Å². The van der Waals surface area contributed by atoms with Crippen LogP contribution in [0.4, 0.5) is 0 Å². The molecule has 52 valence electrons. The lowest BCUT2D eigenvalue weighted by Crippen LogP contribution is -2.41. The third-order valence-corrected chi connectivity index (χ3v) is 1.80. The zero-order valence-electron chi connectivity index (χ0n) is 6.09. The van der Waals surface area contributed by atoms with Crippen molar-refractivity contribution >= 4 is 0 Å². The summed E-state index contributed by atoms with van der Waals surface area (Å²) in [5, 5.41) is 0. The van der Waals surface area contributed by atoms with Crippen LogP contribution in [0, 0.1) is 0 Å². The zero-order valence-corrected chi connectivity index (χ0v) is 6.09. The monoisotopic (exact) mass is 126 g/mol. The Bertz CT molecular complexity index is 129. The first-order valence-electron chi connectivity index (χ1n) is 3.41. The molecule has 2 heteroatoms. The molecule has 0 fully saturated rings. The standard InChI is InChI=1S/C7H14N2/c1-6-5-7(2)9(6)4-3-8/h5-6H,3-4,8H2,1-2H3. The van der Waals surface area contributed by atoms with Gasteiger partial charge >= 0.3 is 0 Å². The highest BCUT2D eigenvalue weighted by molar-refractivity contribution is 5.15. The molecule has 1 unspecified atom stereocenters. The van der Waals surface area contributed by atoms with Crippen LogP contribution in [0.25, 0.3) is 0 Å². The summed E-state index contributed by atoms with van der Waals surface area (Å²) in [5.41, 5.74) is 6.76. The molecule has 0 amide bonds. The summed E-state index contributed by atoms with van der Waals surface area (Å²) >= 11 is 0. The van der Waals surface area contributed by atoms with Crippen molar-refractivity contribution in [3.05, 3.63) is 11.8 Å². The Morgan fingerprint density at radius 1 is 1.78 bits per heavy atom. The molecule has 0 aromatic rings. The molecular weight excluding hydrogens is 112 g/mol. The van der Waals surface area contributed by atoms with Crippen LogP contribution in [0.1, 0.15) is 13.8 Å². The van der Waals surface area contributed by atoms with E-state index in [1.165, 1.54) is 5.70 Å². The van der Waals surface area contributed by atoms with E-state index >= 15 is 0 Å². The first-order chi connectivity index (χ1) is 4.25. The molecule has 9 heavy (non-hydrogen) atoms. The van der Waals surface area contributed by atoms with Gasteiger partial charge in [-0.1, -0.05) is 0 Å². The molecule has 1 rings (SSSR count). The molecule has 0 bridgehead atoms. The summed E-state index contributed by atoms with van der Waals surface area (Å²) in [6.45, 7) is 6.07. The van der Waals surface area contributed by atoms with E-state index in [9.17, 15) is 0 Å². The van der Waals surface area contributed by atoms with Gasteiger partial charge < -0.3 is 10.6 Å². The van der Waals surface area contributed by atoms with Crippen LogP contribution in [0.2, 0.25) is 0 Å². The van der Waals surface area contributed by atoms with Crippen LogP contribution in [0.15, 0.2) is 11.8 Å². The van der Waals surface area contributed by atoms with E-state index in [0.29, 0.717) is 6.04 Å². The van der Waals surface area contributed by atoms with Crippen molar-refractivity contribution in [2.24, 2.45) is 5.73 Å². The van der Waals surface area contributed by atoms with E-state index in [0.717, 1.165) is 13.1 Å². The number of allylic oxidation sites excluding steroid dienone is 1. The molecule has 1 aliphatic rings. The molecule has 0 saturated heterocycles. The van der Waals surface area contributed by atoms with Gasteiger partial charge in [-0.3, -0.25) is 0 Å². The SMILES string of the molecule is CC1=CC(C)N1CCN. The van der Waals surface area contributed by atoms with Gasteiger partial charge in [0.25, 0.3) is 0 Å². The predicted molar refractivity (Wildman–Crippen MR) is 39.0 cm³/mol. The van der Waals surface area contributed by atoms with Crippen molar-refractivity contribution in [3.63, 3.8) is 0 Å². The Balaban J connectivity index is 2.37. The summed E-state index contributed by atoms with van der Waals surface area (Å²) < 4.78 is 0. The molecule has 0 spiro atoms. The van der Waals surface area contributed by atoms with Gasteiger partial charge in [0.1, 0.15) is 0 Å². The topological polar surface area (TPSA) is 29.3 Å². The lowest BCUT2D eigenvalue weighted by Gasteiger charge is -2.38. The highest BCUT2D eigenvalue weighted by Gasteiger charge is 2.19. The second-order valence-electron chi connectivity index (χ2n) is 2.53. The number of nitrogens with zero attached hydrogens (tertiary/aromatic N) is 1. The van der Waals surface area contributed by atoms with Crippen LogP contribution in [-0.4, -0.2) is 24.0 Å². The molecule has 0 aliphatic carbocycles. The van der Waals surface area contributed by atoms with Crippen molar-refractivity contribution < 1.29 is 0 Å². The normalized spacial score (nSPS) is 25.4. The Labute approximate surface area is 56.3 Å². The zero-order chi connectivity index (χ0) is 6.85. The van der Waals surface area contributed by atoms with Crippen LogP contribution in [0.5, 0.6) is 0 Å². The van der Waals surface area contributed by atoms with Crippen molar-refractivity contribution in [2.75, 3.05) is 13.1 Å². The average molecular weight is 126 g/mol. The largest absolute Gasteiger partial charge is 0.368 e. The average Bonchev–Trinajstić information content (AvgIpc) is 1.84. The van der Waals surface area contributed by atoms with Crippen molar-refractivity contribution in [1.29, 1.82) is 0 Å². The quantitative estimate of drug-likeness (QED) is 0.585. The maximum Gasteiger partial charge on any atom is 0.0461 e. The predicted octanol–water partition coefficient (Wildman–Crippen LogP) is 0.553. The Hall–Kier alpha value is -0.500. The van der Waals surface area contributed by atoms with E-state index in [1.54, 1.807) is 0 Å². The first-order valence-corrected chi connectivity index (χ1v) is 3.41. The van der Waals surface area contributed by atoms with Crippen molar-refractivity contribution in [1.82, 2.24) is 4.90 Å². The molecule has 2 nitrogen and oxygen atoms in total. The summed E-state index contributed by atoms with van der Waals surface area (Å²) in [6.07, 6.45) is 2.25. The van der Waals surface area contributed by atoms with Crippen LogP contribution in [-0.2, 0) is 0 Å². The molecular formula is C7H14N2. The maximum atomic E-state index is 5.39. The molecule has 0 saturated carbocycles. The minimum Gasteiger partial charge on any atom is -0.368 e. The number of hydrogen-bond donors (Lipinski definition) is 1. The van der Waals surface area contributed by atoms with Crippen molar-refractivity contribution in [3.8, 4) is 0 Å². The molecule has 0 radical (unpaired) electrons. The van der Waals surface area contributed by atoms with Gasteiger partial charge in [0.05, 0.1) is 0 Å². The Morgan fingerprint density at radius 2 is 2.44 bits per heavy atom. The highest BCUT2D eigenvalue weighted by Crippen LogP contribution is 2.19. The van der Waals surface area contributed by atoms with E-state index < -0.39 is 0 Å². The molecule has 0 aromatic carbocycles. The summed E-state index contributed by atoms with van der Waals surface area (Å²) in [4.78, 5) is 2.31. The van der Waals surface area contributed by atoms with E-state index in [4.69, 9.17) is 5.73 Å². The Kier molecular flexibility index (Phi) is 1.76. The maximum absolute atomic E-state index is 5.39. The van der Waals surface area contributed by atoms with Gasteiger partial charge in [0.15, 0.2) is 0 Å². The Morgan fingerprint density at radius 3 is 2.67 bits per heavy atom. The van der Waals surface area contributed by atoms with Gasteiger partial charge in [0, 0.05) is 24.8 Å². The third kappa shape index (κ3) is 1.08. The number of hydrogen-bond acceptors (Lipinski definition) is 2. The van der Waals surface area contributed by atoms with Crippen LogP contribution >= 0.6 is 0 Å². The van der Waals surface area contributed by atoms with E-state index in [2.05, 4.69) is 24.8 Å². The van der Waals surface area contributed by atoms with Gasteiger partial charge in [-0.25, -0.2) is 0 Å². The highest BCUT2D eigenvalue weighted by atomic mass is 15.2. The molecule has 0 aromatic heterocycles. The van der Waals surface area contributed by atoms with Gasteiger partial charge in [-0.05, 0) is 19.9 Å². The minimum atomic E-state index is 0.619. The first kappa shape index (κ1) is 6.62. The van der Waals surface area contributed by atoms with Gasteiger partial charge in [0.2, 0.25) is 0 Å². The number of nitrogens with two attached hydrogens (primary N) is 1. The van der Waals surface area contributed by atoms with Gasteiger partial charge in [-0.2, -0.15) is 0 Å². The second kappa shape index (κ2) is 2.40. The lowest BCUT2D eigenvalue weighted by molar-refractivity contribution is 0.267. The summed E-state index contributed by atoms with van der Waals surface area (Å²) in [7, 11) is 0. The number of rotatable bonds is 2. The fourth-order valence-corrected chi connectivity index (χ4v) is 1.29. The molecule has 1 aliphatic heterocycles. The summed E-state index contributed by atoms with van der Waals surface area (Å²) in [5.74, 6) is 0.